The van der Waals surface area contributed by atoms with Crippen LogP contribution in [0.5, 0.6) is 0 Å². The standard InChI is InChI=1S/C12H19N3O2S2/c1-19(16,17)12-9-18-7-6-15(12)11-3-2-10(4-5-13)8-14-11/h2-3,8,12H,4-7,9,13H2,1H3. The van der Waals surface area contributed by atoms with E-state index in [0.717, 1.165) is 23.6 Å². The molecule has 1 aromatic heterocycles. The highest BCUT2D eigenvalue weighted by atomic mass is 32.2. The lowest BCUT2D eigenvalue weighted by molar-refractivity contribution is 0.583. The molecule has 1 saturated heterocycles. The fraction of sp³-hybridized carbons (Fsp3) is 0.583. The van der Waals surface area contributed by atoms with Gasteiger partial charge in [-0.05, 0) is 24.6 Å². The summed E-state index contributed by atoms with van der Waals surface area (Å²) in [6.07, 6.45) is 3.86. The lowest BCUT2D eigenvalue weighted by Crippen LogP contribution is -2.47. The van der Waals surface area contributed by atoms with E-state index in [-0.39, 0.29) is 0 Å². The molecule has 1 unspecified atom stereocenters. The van der Waals surface area contributed by atoms with E-state index >= 15 is 0 Å². The van der Waals surface area contributed by atoms with Crippen molar-refractivity contribution in [1.29, 1.82) is 0 Å². The normalized spacial score (nSPS) is 20.5. The molecule has 2 rings (SSSR count). The molecule has 2 N–H and O–H groups in total. The molecule has 0 aliphatic carbocycles. The summed E-state index contributed by atoms with van der Waals surface area (Å²) in [4.78, 5) is 6.27. The van der Waals surface area contributed by atoms with Crippen molar-refractivity contribution in [1.82, 2.24) is 4.98 Å². The van der Waals surface area contributed by atoms with Gasteiger partial charge in [0.05, 0.1) is 0 Å². The molecule has 1 aromatic rings. The Morgan fingerprint density at radius 1 is 1.53 bits per heavy atom. The minimum Gasteiger partial charge on any atom is -0.338 e. The first-order valence-corrected chi connectivity index (χ1v) is 9.31. The molecular formula is C12H19N3O2S2. The summed E-state index contributed by atoms with van der Waals surface area (Å²) in [7, 11) is -3.10. The monoisotopic (exact) mass is 301 g/mol. The number of sulfone groups is 1. The largest absolute Gasteiger partial charge is 0.338 e. The first-order valence-electron chi connectivity index (χ1n) is 6.20. The Labute approximate surface area is 118 Å². The maximum absolute atomic E-state index is 11.8. The molecule has 1 atom stereocenters. The molecular weight excluding hydrogens is 282 g/mol. The van der Waals surface area contributed by atoms with Crippen molar-refractivity contribution < 1.29 is 8.42 Å². The lowest BCUT2D eigenvalue weighted by atomic mass is 10.2. The van der Waals surface area contributed by atoms with Crippen LogP contribution in [0.2, 0.25) is 0 Å². The van der Waals surface area contributed by atoms with Gasteiger partial charge in [0.1, 0.15) is 11.2 Å². The Kier molecular flexibility index (Phi) is 4.70. The zero-order valence-corrected chi connectivity index (χ0v) is 12.6. The van der Waals surface area contributed by atoms with Crippen LogP contribution in [0.4, 0.5) is 5.82 Å². The maximum atomic E-state index is 11.8. The second kappa shape index (κ2) is 6.11. The molecule has 0 saturated carbocycles. The van der Waals surface area contributed by atoms with Gasteiger partial charge in [0, 0.05) is 30.5 Å². The molecule has 0 amide bonds. The Hall–Kier alpha value is -0.790. The van der Waals surface area contributed by atoms with E-state index < -0.39 is 15.2 Å². The Morgan fingerprint density at radius 2 is 2.32 bits per heavy atom. The van der Waals surface area contributed by atoms with Gasteiger partial charge in [-0.2, -0.15) is 11.8 Å². The smallest absolute Gasteiger partial charge is 0.169 e. The highest BCUT2D eigenvalue weighted by Gasteiger charge is 2.31. The highest BCUT2D eigenvalue weighted by Crippen LogP contribution is 2.25. The van der Waals surface area contributed by atoms with Crippen molar-refractivity contribution >= 4 is 27.4 Å². The van der Waals surface area contributed by atoms with Crippen molar-refractivity contribution in [3.05, 3.63) is 23.9 Å². The second-order valence-corrected chi connectivity index (χ2v) is 7.97. The third kappa shape index (κ3) is 3.61. The summed E-state index contributed by atoms with van der Waals surface area (Å²) in [5.41, 5.74) is 6.58. The van der Waals surface area contributed by atoms with Crippen molar-refractivity contribution in [3.8, 4) is 0 Å². The molecule has 1 fully saturated rings. The fourth-order valence-electron chi connectivity index (χ4n) is 2.10. The number of hydrogen-bond donors (Lipinski definition) is 1. The first-order chi connectivity index (χ1) is 9.02. The van der Waals surface area contributed by atoms with Crippen LogP contribution >= 0.6 is 11.8 Å². The van der Waals surface area contributed by atoms with Gasteiger partial charge >= 0.3 is 0 Å². The number of nitrogens with two attached hydrogens (primary N) is 1. The fourth-order valence-corrected chi connectivity index (χ4v) is 4.93. The number of hydrogen-bond acceptors (Lipinski definition) is 6. The van der Waals surface area contributed by atoms with Crippen LogP contribution in [0.15, 0.2) is 18.3 Å². The summed E-state index contributed by atoms with van der Waals surface area (Å²) in [6, 6.07) is 3.86. The van der Waals surface area contributed by atoms with Crippen LogP contribution in [-0.2, 0) is 16.3 Å². The molecule has 1 aliphatic heterocycles. The predicted molar refractivity (Wildman–Crippen MR) is 80.3 cm³/mol. The number of anilines is 1. The first kappa shape index (κ1) is 14.6. The van der Waals surface area contributed by atoms with Gasteiger partial charge in [-0.15, -0.1) is 0 Å². The molecule has 0 aromatic carbocycles. The van der Waals surface area contributed by atoms with Crippen LogP contribution in [0.25, 0.3) is 0 Å². The molecule has 0 bridgehead atoms. The van der Waals surface area contributed by atoms with E-state index in [1.165, 1.54) is 6.26 Å². The van der Waals surface area contributed by atoms with E-state index in [1.807, 2.05) is 17.0 Å². The molecule has 106 valence electrons. The number of pyridine rings is 1. The topological polar surface area (TPSA) is 76.3 Å². The van der Waals surface area contributed by atoms with Crippen LogP contribution < -0.4 is 10.6 Å². The van der Waals surface area contributed by atoms with Crippen molar-refractivity contribution in [2.75, 3.05) is 35.8 Å². The van der Waals surface area contributed by atoms with Crippen LogP contribution in [0.3, 0.4) is 0 Å². The number of rotatable bonds is 4. The summed E-state index contributed by atoms with van der Waals surface area (Å²) >= 11 is 1.67. The van der Waals surface area contributed by atoms with Crippen LogP contribution in [-0.4, -0.2) is 49.6 Å². The highest BCUT2D eigenvalue weighted by molar-refractivity contribution is 8.01. The van der Waals surface area contributed by atoms with Crippen molar-refractivity contribution in [2.24, 2.45) is 5.73 Å². The molecule has 1 aliphatic rings. The van der Waals surface area contributed by atoms with E-state index in [1.54, 1.807) is 18.0 Å². The predicted octanol–water partition coefficient (Wildman–Crippen LogP) is 0.507. The number of nitrogens with zero attached hydrogens (tertiary/aromatic N) is 2. The summed E-state index contributed by atoms with van der Waals surface area (Å²) in [5.74, 6) is 2.26. The van der Waals surface area contributed by atoms with Gasteiger partial charge in [-0.1, -0.05) is 6.07 Å². The van der Waals surface area contributed by atoms with Crippen LogP contribution in [0.1, 0.15) is 5.56 Å². The Bertz CT molecular complexity index is 516. The Morgan fingerprint density at radius 3 is 2.89 bits per heavy atom. The lowest BCUT2D eigenvalue weighted by Gasteiger charge is -2.34. The average Bonchev–Trinajstić information content (AvgIpc) is 2.39. The summed E-state index contributed by atoms with van der Waals surface area (Å²) < 4.78 is 23.7. The molecule has 5 nitrogen and oxygen atoms in total. The van der Waals surface area contributed by atoms with Gasteiger partial charge in [-0.3, -0.25) is 0 Å². The summed E-state index contributed by atoms with van der Waals surface area (Å²) in [6.45, 7) is 1.30. The van der Waals surface area contributed by atoms with Crippen LogP contribution in [0, 0.1) is 0 Å². The van der Waals surface area contributed by atoms with Gasteiger partial charge in [0.25, 0.3) is 0 Å². The van der Waals surface area contributed by atoms with Gasteiger partial charge in [0.2, 0.25) is 0 Å². The van der Waals surface area contributed by atoms with E-state index in [9.17, 15) is 8.42 Å². The third-order valence-corrected chi connectivity index (χ3v) is 5.76. The SMILES string of the molecule is CS(=O)(=O)C1CSCCN1c1ccc(CCN)cn1. The summed E-state index contributed by atoms with van der Waals surface area (Å²) in [5, 5.41) is -0.473. The number of aromatic nitrogens is 1. The maximum Gasteiger partial charge on any atom is 0.169 e. The second-order valence-electron chi connectivity index (χ2n) is 4.62. The molecule has 2 heterocycles. The minimum absolute atomic E-state index is 0.473. The van der Waals surface area contributed by atoms with Crippen molar-refractivity contribution in [3.63, 3.8) is 0 Å². The quantitative estimate of drug-likeness (QED) is 0.873. The zero-order valence-electron chi connectivity index (χ0n) is 10.9. The molecule has 0 radical (unpaired) electrons. The zero-order chi connectivity index (χ0) is 13.9. The van der Waals surface area contributed by atoms with E-state index in [0.29, 0.717) is 18.8 Å². The number of thioether (sulfide) groups is 1. The molecule has 19 heavy (non-hydrogen) atoms. The molecule has 7 heteroatoms. The van der Waals surface area contributed by atoms with E-state index in [2.05, 4.69) is 4.98 Å². The minimum atomic E-state index is -3.10. The average molecular weight is 301 g/mol. The van der Waals surface area contributed by atoms with Crippen molar-refractivity contribution in [2.45, 2.75) is 11.8 Å². The third-order valence-electron chi connectivity index (χ3n) is 3.12. The van der Waals surface area contributed by atoms with E-state index in [4.69, 9.17) is 5.73 Å². The Balaban J connectivity index is 2.22. The van der Waals surface area contributed by atoms with Gasteiger partial charge in [-0.25, -0.2) is 13.4 Å². The van der Waals surface area contributed by atoms with Gasteiger partial charge < -0.3 is 10.6 Å². The van der Waals surface area contributed by atoms with Gasteiger partial charge in [0.15, 0.2) is 9.84 Å². The molecule has 0 spiro atoms.